The van der Waals surface area contributed by atoms with E-state index in [9.17, 15) is 0 Å². The summed E-state index contributed by atoms with van der Waals surface area (Å²) in [6.07, 6.45) is -0.141. The van der Waals surface area contributed by atoms with Crippen molar-refractivity contribution < 1.29 is 9.47 Å². The van der Waals surface area contributed by atoms with Gasteiger partial charge in [-0.25, -0.2) is 0 Å². The van der Waals surface area contributed by atoms with Gasteiger partial charge >= 0.3 is 0 Å². The van der Waals surface area contributed by atoms with Crippen LogP contribution in [0.1, 0.15) is 26.3 Å². The number of para-hydroxylation sites is 1. The Kier molecular flexibility index (Phi) is 2.23. The third kappa shape index (κ3) is 1.75. The maximum atomic E-state index is 5.77. The predicted molar refractivity (Wildman–Crippen MR) is 55.1 cm³/mol. The molecule has 1 aromatic rings. The number of ether oxygens (including phenoxy) is 2. The Balaban J connectivity index is 2.22. The summed E-state index contributed by atoms with van der Waals surface area (Å²) in [5, 5.41) is 0. The van der Waals surface area contributed by atoms with Gasteiger partial charge in [0.05, 0.1) is 6.61 Å². The lowest BCUT2D eigenvalue weighted by atomic mass is 9.95. The van der Waals surface area contributed by atoms with Crippen LogP contribution in [0.4, 0.5) is 0 Å². The lowest BCUT2D eigenvalue weighted by molar-refractivity contribution is -0.163. The summed E-state index contributed by atoms with van der Waals surface area (Å²) in [4.78, 5) is 0. The molecule has 1 unspecified atom stereocenters. The molecule has 0 radical (unpaired) electrons. The first-order valence-electron chi connectivity index (χ1n) is 4.93. The molecule has 2 heteroatoms. The molecule has 0 saturated carbocycles. The van der Waals surface area contributed by atoms with E-state index in [4.69, 9.17) is 9.47 Å². The molecule has 14 heavy (non-hydrogen) atoms. The second kappa shape index (κ2) is 3.28. The predicted octanol–water partition coefficient (Wildman–Crippen LogP) is 2.97. The monoisotopic (exact) mass is 192 g/mol. The smallest absolute Gasteiger partial charge is 0.205 e. The number of benzene rings is 1. The van der Waals surface area contributed by atoms with Crippen molar-refractivity contribution in [2.24, 2.45) is 5.41 Å². The zero-order valence-corrected chi connectivity index (χ0v) is 8.91. The molecule has 0 N–H and O–H groups in total. The van der Waals surface area contributed by atoms with E-state index in [0.717, 1.165) is 11.3 Å². The molecule has 1 aliphatic heterocycles. The van der Waals surface area contributed by atoms with Crippen molar-refractivity contribution in [3.63, 3.8) is 0 Å². The Bertz CT molecular complexity index is 325. The van der Waals surface area contributed by atoms with Crippen LogP contribution < -0.4 is 4.74 Å². The van der Waals surface area contributed by atoms with E-state index in [2.05, 4.69) is 20.8 Å². The quantitative estimate of drug-likeness (QED) is 0.629. The van der Waals surface area contributed by atoms with E-state index in [1.807, 2.05) is 24.3 Å². The fourth-order valence-electron chi connectivity index (χ4n) is 1.48. The first kappa shape index (κ1) is 9.53. The molecule has 1 heterocycles. The largest absolute Gasteiger partial charge is 0.464 e. The molecule has 76 valence electrons. The average Bonchev–Trinajstić information content (AvgIpc) is 2.16. The van der Waals surface area contributed by atoms with Crippen LogP contribution in [0.3, 0.4) is 0 Å². The van der Waals surface area contributed by atoms with Gasteiger partial charge in [0.2, 0.25) is 6.29 Å². The van der Waals surface area contributed by atoms with Crippen molar-refractivity contribution in [3.8, 4) is 5.75 Å². The molecule has 0 amide bonds. The number of rotatable bonds is 0. The molecule has 2 rings (SSSR count). The average molecular weight is 192 g/mol. The van der Waals surface area contributed by atoms with Crippen molar-refractivity contribution in [2.75, 3.05) is 0 Å². The van der Waals surface area contributed by atoms with Gasteiger partial charge in [0, 0.05) is 11.0 Å². The van der Waals surface area contributed by atoms with Gasteiger partial charge in [-0.1, -0.05) is 39.0 Å². The molecule has 0 bridgehead atoms. The molecule has 0 spiro atoms. The second-order valence-corrected chi connectivity index (χ2v) is 4.73. The van der Waals surface area contributed by atoms with Crippen LogP contribution >= 0.6 is 0 Å². The summed E-state index contributed by atoms with van der Waals surface area (Å²) in [5.41, 5.74) is 1.15. The SMILES string of the molecule is CC(C)(C)C1OCc2ccccc2O1. The van der Waals surface area contributed by atoms with Crippen LogP contribution in [0.5, 0.6) is 5.75 Å². The molecule has 0 aromatic heterocycles. The van der Waals surface area contributed by atoms with Crippen molar-refractivity contribution in [3.05, 3.63) is 29.8 Å². The highest BCUT2D eigenvalue weighted by atomic mass is 16.7. The zero-order valence-electron chi connectivity index (χ0n) is 8.91. The molecule has 0 fully saturated rings. The van der Waals surface area contributed by atoms with Gasteiger partial charge < -0.3 is 9.47 Å². The summed E-state index contributed by atoms with van der Waals surface area (Å²) >= 11 is 0. The summed E-state index contributed by atoms with van der Waals surface area (Å²) < 4.78 is 11.4. The zero-order chi connectivity index (χ0) is 10.2. The third-order valence-electron chi connectivity index (χ3n) is 2.30. The van der Waals surface area contributed by atoms with Crippen molar-refractivity contribution in [2.45, 2.75) is 33.7 Å². The van der Waals surface area contributed by atoms with E-state index < -0.39 is 0 Å². The van der Waals surface area contributed by atoms with E-state index in [-0.39, 0.29) is 11.7 Å². The highest BCUT2D eigenvalue weighted by Gasteiger charge is 2.30. The fourth-order valence-corrected chi connectivity index (χ4v) is 1.48. The Morgan fingerprint density at radius 1 is 1.21 bits per heavy atom. The van der Waals surface area contributed by atoms with E-state index in [1.165, 1.54) is 0 Å². The van der Waals surface area contributed by atoms with Crippen LogP contribution in [-0.2, 0) is 11.3 Å². The molecule has 1 atom stereocenters. The summed E-state index contributed by atoms with van der Waals surface area (Å²) in [6, 6.07) is 8.03. The van der Waals surface area contributed by atoms with Crippen LogP contribution in [0.2, 0.25) is 0 Å². The minimum absolute atomic E-state index is 0.0214. The Labute approximate surface area is 84.8 Å². The molecule has 1 aliphatic rings. The molecular weight excluding hydrogens is 176 g/mol. The topological polar surface area (TPSA) is 18.5 Å². The van der Waals surface area contributed by atoms with Gasteiger partial charge in [-0.2, -0.15) is 0 Å². The van der Waals surface area contributed by atoms with Crippen LogP contribution in [0.15, 0.2) is 24.3 Å². The van der Waals surface area contributed by atoms with Crippen LogP contribution in [0.25, 0.3) is 0 Å². The van der Waals surface area contributed by atoms with Gasteiger partial charge in [0.15, 0.2) is 0 Å². The van der Waals surface area contributed by atoms with E-state index in [1.54, 1.807) is 0 Å². The Morgan fingerprint density at radius 3 is 2.64 bits per heavy atom. The Hall–Kier alpha value is -1.02. The molecular formula is C12H16O2. The van der Waals surface area contributed by atoms with Gasteiger partial charge in [-0.3, -0.25) is 0 Å². The Morgan fingerprint density at radius 2 is 1.93 bits per heavy atom. The third-order valence-corrected chi connectivity index (χ3v) is 2.30. The second-order valence-electron chi connectivity index (χ2n) is 4.73. The molecule has 0 saturated heterocycles. The molecule has 0 aliphatic carbocycles. The van der Waals surface area contributed by atoms with Crippen LogP contribution in [0, 0.1) is 5.41 Å². The van der Waals surface area contributed by atoms with Gasteiger partial charge in [0.25, 0.3) is 0 Å². The van der Waals surface area contributed by atoms with Crippen LogP contribution in [-0.4, -0.2) is 6.29 Å². The summed E-state index contributed by atoms with van der Waals surface area (Å²) in [7, 11) is 0. The maximum absolute atomic E-state index is 5.77. The highest BCUT2D eigenvalue weighted by molar-refractivity contribution is 5.33. The summed E-state index contributed by atoms with van der Waals surface area (Å²) in [6.45, 7) is 7.00. The van der Waals surface area contributed by atoms with Gasteiger partial charge in [-0.15, -0.1) is 0 Å². The first-order valence-corrected chi connectivity index (χ1v) is 4.93. The van der Waals surface area contributed by atoms with Gasteiger partial charge in [-0.05, 0) is 6.07 Å². The van der Waals surface area contributed by atoms with Crippen molar-refractivity contribution in [1.82, 2.24) is 0 Å². The minimum Gasteiger partial charge on any atom is -0.464 e. The normalized spacial score (nSPS) is 21.2. The lowest BCUT2D eigenvalue weighted by Gasteiger charge is -2.34. The summed E-state index contributed by atoms with van der Waals surface area (Å²) in [5.74, 6) is 0.957. The van der Waals surface area contributed by atoms with E-state index >= 15 is 0 Å². The van der Waals surface area contributed by atoms with E-state index in [0.29, 0.717) is 6.61 Å². The minimum atomic E-state index is -0.141. The fraction of sp³-hybridized carbons (Fsp3) is 0.500. The maximum Gasteiger partial charge on any atom is 0.205 e. The first-order chi connectivity index (χ1) is 6.57. The lowest BCUT2D eigenvalue weighted by Crippen LogP contribution is -2.37. The van der Waals surface area contributed by atoms with Gasteiger partial charge in [0.1, 0.15) is 5.75 Å². The molecule has 1 aromatic carbocycles. The molecule has 2 nitrogen and oxygen atoms in total. The van der Waals surface area contributed by atoms with Crippen molar-refractivity contribution >= 4 is 0 Å². The van der Waals surface area contributed by atoms with Crippen molar-refractivity contribution in [1.29, 1.82) is 0 Å². The number of hydrogen-bond donors (Lipinski definition) is 0. The number of fused-ring (bicyclic) bond motifs is 1. The number of hydrogen-bond acceptors (Lipinski definition) is 2. The standard InChI is InChI=1S/C12H16O2/c1-12(2,3)11-13-8-9-6-4-5-7-10(9)14-11/h4-7,11H,8H2,1-3H3. The highest BCUT2D eigenvalue weighted by Crippen LogP contribution is 2.32.